The fraction of sp³-hybridized carbons (Fsp3) is 0.321. The van der Waals surface area contributed by atoms with Crippen molar-refractivity contribution >= 4 is 40.4 Å². The van der Waals surface area contributed by atoms with Crippen LogP contribution in [0.5, 0.6) is 0 Å². The number of rotatable bonds is 8. The first-order valence-electron chi connectivity index (χ1n) is 12.2. The second-order valence-electron chi connectivity index (χ2n) is 9.02. The molecule has 1 aliphatic rings. The lowest BCUT2D eigenvalue weighted by molar-refractivity contribution is -0.127. The van der Waals surface area contributed by atoms with E-state index in [-0.39, 0.29) is 29.8 Å². The maximum Gasteiger partial charge on any atom is 0.248 e. The first-order chi connectivity index (χ1) is 17.4. The van der Waals surface area contributed by atoms with Crippen LogP contribution in [0.1, 0.15) is 55.5 Å². The molecule has 2 N–H and O–H groups in total. The number of hydrogen-bond donors (Lipinski definition) is 2. The highest BCUT2D eigenvalue weighted by atomic mass is 32.1. The molecule has 1 aromatic heterocycles. The van der Waals surface area contributed by atoms with Gasteiger partial charge in [0.05, 0.1) is 6.42 Å². The van der Waals surface area contributed by atoms with E-state index in [9.17, 15) is 14.4 Å². The number of anilines is 2. The average Bonchev–Trinajstić information content (AvgIpc) is 3.37. The van der Waals surface area contributed by atoms with E-state index >= 15 is 4.39 Å². The Kier molecular flexibility index (Phi) is 8.48. The van der Waals surface area contributed by atoms with Crippen LogP contribution in [-0.4, -0.2) is 23.8 Å². The van der Waals surface area contributed by atoms with Gasteiger partial charge in [0, 0.05) is 34.8 Å². The van der Waals surface area contributed by atoms with E-state index in [4.69, 9.17) is 0 Å². The Morgan fingerprint density at radius 2 is 1.72 bits per heavy atom. The molecule has 1 unspecified atom stereocenters. The van der Waals surface area contributed by atoms with Gasteiger partial charge in [0.1, 0.15) is 11.9 Å². The van der Waals surface area contributed by atoms with Gasteiger partial charge in [0.15, 0.2) is 0 Å². The molecule has 3 amide bonds. The summed E-state index contributed by atoms with van der Waals surface area (Å²) in [5, 5.41) is 7.68. The predicted molar refractivity (Wildman–Crippen MR) is 140 cm³/mol. The molecule has 1 atom stereocenters. The van der Waals surface area contributed by atoms with Crippen LogP contribution in [-0.2, 0) is 20.8 Å². The van der Waals surface area contributed by atoms with Crippen molar-refractivity contribution in [1.82, 2.24) is 5.32 Å². The van der Waals surface area contributed by atoms with Gasteiger partial charge in [0.25, 0.3) is 0 Å². The molecular weight excluding hydrogens is 477 g/mol. The molecule has 0 bridgehead atoms. The Balaban J connectivity index is 1.75. The number of nitrogens with one attached hydrogen (secondary N) is 2. The van der Waals surface area contributed by atoms with Crippen molar-refractivity contribution in [2.24, 2.45) is 0 Å². The number of halogens is 1. The number of thiophene rings is 1. The molecule has 1 fully saturated rings. The van der Waals surface area contributed by atoms with Crippen molar-refractivity contribution < 1.29 is 18.8 Å². The number of carbonyl (C=O) groups excluding carboxylic acids is 3. The summed E-state index contributed by atoms with van der Waals surface area (Å²) in [6, 6.07) is 15.3. The minimum atomic E-state index is -1.19. The summed E-state index contributed by atoms with van der Waals surface area (Å²) < 4.78 is 15.1. The van der Waals surface area contributed by atoms with Crippen LogP contribution in [0.4, 0.5) is 15.8 Å². The Labute approximate surface area is 214 Å². The first kappa shape index (κ1) is 25.6. The average molecular weight is 508 g/mol. The van der Waals surface area contributed by atoms with E-state index in [0.29, 0.717) is 11.4 Å². The maximum absolute atomic E-state index is 15.1. The second kappa shape index (κ2) is 11.9. The van der Waals surface area contributed by atoms with E-state index in [1.165, 1.54) is 29.2 Å². The fourth-order valence-electron chi connectivity index (χ4n) is 4.61. The van der Waals surface area contributed by atoms with E-state index in [1.54, 1.807) is 42.5 Å². The van der Waals surface area contributed by atoms with Crippen LogP contribution in [0.15, 0.2) is 66.0 Å². The third-order valence-corrected chi connectivity index (χ3v) is 7.17. The normalized spacial score (nSPS) is 14.6. The summed E-state index contributed by atoms with van der Waals surface area (Å²) in [6.45, 7) is 1.41. The third-order valence-electron chi connectivity index (χ3n) is 6.30. The van der Waals surface area contributed by atoms with Crippen molar-refractivity contribution in [1.29, 1.82) is 0 Å². The highest BCUT2D eigenvalue weighted by Crippen LogP contribution is 2.32. The first-order valence-corrected chi connectivity index (χ1v) is 13.1. The number of nitrogens with zero attached hydrogens (tertiary/aromatic N) is 1. The molecule has 0 radical (unpaired) electrons. The van der Waals surface area contributed by atoms with Gasteiger partial charge in [-0.3, -0.25) is 19.3 Å². The van der Waals surface area contributed by atoms with Crippen LogP contribution in [0.3, 0.4) is 0 Å². The highest BCUT2D eigenvalue weighted by Gasteiger charge is 2.35. The van der Waals surface area contributed by atoms with Gasteiger partial charge in [-0.25, -0.2) is 4.39 Å². The predicted octanol–water partition coefficient (Wildman–Crippen LogP) is 5.61. The summed E-state index contributed by atoms with van der Waals surface area (Å²) in [6.07, 6.45) is 5.00. The van der Waals surface area contributed by atoms with E-state index < -0.39 is 17.8 Å². The minimum absolute atomic E-state index is 0.00286. The molecule has 1 heterocycles. The molecule has 1 aliphatic carbocycles. The lowest BCUT2D eigenvalue weighted by Crippen LogP contribution is -2.48. The SMILES string of the molecule is CC(=O)Nc1ccc(N(C(=O)Cc2cccs2)C(C(=O)NC2CCCCC2)c2ccccc2F)cc1. The van der Waals surface area contributed by atoms with Crippen molar-refractivity contribution in [3.8, 4) is 0 Å². The van der Waals surface area contributed by atoms with Crippen molar-refractivity contribution in [3.05, 3.63) is 82.3 Å². The maximum atomic E-state index is 15.1. The van der Waals surface area contributed by atoms with E-state index in [2.05, 4.69) is 10.6 Å². The number of amides is 3. The van der Waals surface area contributed by atoms with Gasteiger partial charge in [-0.2, -0.15) is 0 Å². The van der Waals surface area contributed by atoms with Crippen molar-refractivity contribution in [3.63, 3.8) is 0 Å². The molecule has 36 heavy (non-hydrogen) atoms. The molecule has 1 saturated carbocycles. The zero-order valence-corrected chi connectivity index (χ0v) is 21.0. The lowest BCUT2D eigenvalue weighted by atomic mass is 9.94. The molecule has 3 aromatic rings. The van der Waals surface area contributed by atoms with Crippen LogP contribution < -0.4 is 15.5 Å². The Bertz CT molecular complexity index is 1190. The van der Waals surface area contributed by atoms with Gasteiger partial charge in [-0.15, -0.1) is 11.3 Å². The van der Waals surface area contributed by atoms with E-state index in [1.807, 2.05) is 17.5 Å². The third kappa shape index (κ3) is 6.37. The molecular formula is C28H30FN3O3S. The highest BCUT2D eigenvalue weighted by molar-refractivity contribution is 7.10. The zero-order chi connectivity index (χ0) is 25.5. The topological polar surface area (TPSA) is 78.5 Å². The Morgan fingerprint density at radius 1 is 1.00 bits per heavy atom. The van der Waals surface area contributed by atoms with Gasteiger partial charge >= 0.3 is 0 Å². The Morgan fingerprint density at radius 3 is 2.36 bits per heavy atom. The smallest absolute Gasteiger partial charge is 0.248 e. The number of carbonyl (C=O) groups is 3. The van der Waals surface area contributed by atoms with Crippen LogP contribution in [0.2, 0.25) is 0 Å². The summed E-state index contributed by atoms with van der Waals surface area (Å²) in [5.41, 5.74) is 1.14. The monoisotopic (exact) mass is 507 g/mol. The van der Waals surface area contributed by atoms with Crippen molar-refractivity contribution in [2.75, 3.05) is 10.2 Å². The molecule has 2 aromatic carbocycles. The molecule has 6 nitrogen and oxygen atoms in total. The summed E-state index contributed by atoms with van der Waals surface area (Å²) in [4.78, 5) is 41.2. The number of benzene rings is 2. The summed E-state index contributed by atoms with van der Waals surface area (Å²) in [7, 11) is 0. The molecule has 4 rings (SSSR count). The quantitative estimate of drug-likeness (QED) is 0.416. The zero-order valence-electron chi connectivity index (χ0n) is 20.2. The molecule has 0 spiro atoms. The van der Waals surface area contributed by atoms with Gasteiger partial charge < -0.3 is 10.6 Å². The lowest BCUT2D eigenvalue weighted by Gasteiger charge is -2.33. The Hall–Kier alpha value is -3.52. The van der Waals surface area contributed by atoms with Crippen LogP contribution >= 0.6 is 11.3 Å². The van der Waals surface area contributed by atoms with Gasteiger partial charge in [0.2, 0.25) is 17.7 Å². The second-order valence-corrected chi connectivity index (χ2v) is 10.0. The standard InChI is InChI=1S/C28H30FN3O3S/c1-19(33)30-21-13-15-22(16-14-21)32(26(34)18-23-10-7-17-36-23)27(24-11-5-6-12-25(24)29)28(35)31-20-8-3-2-4-9-20/h5-7,10-17,20,27H,2-4,8-9,18H2,1H3,(H,30,33)(H,31,35). The van der Waals surface area contributed by atoms with E-state index in [0.717, 1.165) is 37.0 Å². The molecule has 0 aliphatic heterocycles. The summed E-state index contributed by atoms with van der Waals surface area (Å²) >= 11 is 1.45. The molecule has 188 valence electrons. The van der Waals surface area contributed by atoms with Crippen LogP contribution in [0.25, 0.3) is 0 Å². The largest absolute Gasteiger partial charge is 0.351 e. The van der Waals surface area contributed by atoms with Crippen molar-refractivity contribution in [2.45, 2.75) is 57.5 Å². The summed E-state index contributed by atoms with van der Waals surface area (Å²) in [5.74, 6) is -1.50. The minimum Gasteiger partial charge on any atom is -0.351 e. The molecule has 8 heteroatoms. The molecule has 0 saturated heterocycles. The fourth-order valence-corrected chi connectivity index (χ4v) is 5.31. The van der Waals surface area contributed by atoms with Crippen LogP contribution in [0, 0.1) is 5.82 Å². The number of hydrogen-bond acceptors (Lipinski definition) is 4. The van der Waals surface area contributed by atoms with Gasteiger partial charge in [-0.05, 0) is 54.6 Å². The van der Waals surface area contributed by atoms with Gasteiger partial charge in [-0.1, -0.05) is 43.5 Å².